The zero-order valence-electron chi connectivity index (χ0n) is 10.3. The quantitative estimate of drug-likeness (QED) is 0.690. The third-order valence-corrected chi connectivity index (χ3v) is 2.94. The summed E-state index contributed by atoms with van der Waals surface area (Å²) in [5, 5.41) is 20.8. The van der Waals surface area contributed by atoms with Crippen molar-refractivity contribution in [1.29, 1.82) is 0 Å². The zero-order valence-corrected chi connectivity index (χ0v) is 10.3. The highest BCUT2D eigenvalue weighted by atomic mass is 19.2. The van der Waals surface area contributed by atoms with E-state index in [1.54, 1.807) is 6.07 Å². The number of aliphatic hydroxyl groups excluding tert-OH is 1. The number of hydrogen-bond donors (Lipinski definition) is 1. The molecule has 0 bridgehead atoms. The number of nitrogens with zero attached hydrogens (tertiary/aromatic N) is 1. The number of benzene rings is 2. The fraction of sp³-hybridized carbons (Fsp3) is 0.143. The summed E-state index contributed by atoms with van der Waals surface area (Å²) in [7, 11) is 0. The molecule has 0 aliphatic heterocycles. The van der Waals surface area contributed by atoms with Crippen molar-refractivity contribution in [3.8, 4) is 0 Å². The van der Waals surface area contributed by atoms with Gasteiger partial charge in [-0.1, -0.05) is 30.3 Å². The Hall–Kier alpha value is -2.34. The van der Waals surface area contributed by atoms with E-state index in [0.717, 1.165) is 6.07 Å². The fourth-order valence-corrected chi connectivity index (χ4v) is 1.96. The molecule has 1 unspecified atom stereocenters. The lowest BCUT2D eigenvalue weighted by molar-refractivity contribution is -0.385. The first-order valence-corrected chi connectivity index (χ1v) is 5.85. The number of hydrogen-bond acceptors (Lipinski definition) is 3. The van der Waals surface area contributed by atoms with Crippen molar-refractivity contribution in [2.75, 3.05) is 0 Å². The van der Waals surface area contributed by atoms with Crippen molar-refractivity contribution in [2.24, 2.45) is 0 Å². The summed E-state index contributed by atoms with van der Waals surface area (Å²) >= 11 is 0. The third kappa shape index (κ3) is 2.80. The molecule has 0 fully saturated rings. The highest BCUT2D eigenvalue weighted by molar-refractivity contribution is 5.41. The van der Waals surface area contributed by atoms with Crippen LogP contribution in [0.5, 0.6) is 0 Å². The van der Waals surface area contributed by atoms with E-state index < -0.39 is 22.7 Å². The highest BCUT2D eigenvalue weighted by Gasteiger charge is 2.20. The molecule has 2 rings (SSSR count). The molecule has 2 aromatic carbocycles. The molecule has 104 valence electrons. The predicted octanol–water partition coefficient (Wildman–Crippen LogP) is 3.15. The van der Waals surface area contributed by atoms with E-state index in [1.807, 2.05) is 0 Å². The molecule has 0 heterocycles. The van der Waals surface area contributed by atoms with Crippen molar-refractivity contribution < 1.29 is 18.8 Å². The summed E-state index contributed by atoms with van der Waals surface area (Å²) in [6.07, 6.45) is -1.52. The van der Waals surface area contributed by atoms with E-state index in [1.165, 1.54) is 30.3 Å². The van der Waals surface area contributed by atoms with Crippen molar-refractivity contribution in [3.05, 3.63) is 75.3 Å². The Kier molecular flexibility index (Phi) is 4.05. The summed E-state index contributed by atoms with van der Waals surface area (Å²) in [5.41, 5.74) is -0.125. The molecule has 0 aliphatic rings. The summed E-state index contributed by atoms with van der Waals surface area (Å²) in [6.45, 7) is 0. The first-order valence-electron chi connectivity index (χ1n) is 5.85. The lowest BCUT2D eigenvalue weighted by Gasteiger charge is -2.12. The normalized spacial score (nSPS) is 12.2. The minimum atomic E-state index is -1.35. The highest BCUT2D eigenvalue weighted by Crippen LogP contribution is 2.26. The molecule has 0 saturated heterocycles. The second-order valence-corrected chi connectivity index (χ2v) is 4.25. The Bertz CT molecular complexity index is 646. The van der Waals surface area contributed by atoms with Gasteiger partial charge < -0.3 is 5.11 Å². The lowest BCUT2D eigenvalue weighted by atomic mass is 10.00. The standard InChI is InChI=1S/C14H11F2NO3/c15-11-6-3-5-10(14(11)16)13(18)8-9-4-1-2-7-12(9)17(19)20/h1-7,13,18H,8H2. The number of para-hydroxylation sites is 1. The smallest absolute Gasteiger partial charge is 0.272 e. The van der Waals surface area contributed by atoms with E-state index >= 15 is 0 Å². The second kappa shape index (κ2) is 5.75. The third-order valence-electron chi connectivity index (χ3n) is 2.94. The van der Waals surface area contributed by atoms with Gasteiger partial charge in [0.15, 0.2) is 11.6 Å². The molecule has 1 N–H and O–H groups in total. The van der Waals surface area contributed by atoms with Crippen molar-refractivity contribution in [3.63, 3.8) is 0 Å². The maximum Gasteiger partial charge on any atom is 0.272 e. The number of nitro benzene ring substituents is 1. The van der Waals surface area contributed by atoms with Crippen LogP contribution in [0.15, 0.2) is 42.5 Å². The van der Waals surface area contributed by atoms with E-state index in [-0.39, 0.29) is 23.2 Å². The van der Waals surface area contributed by atoms with Gasteiger partial charge in [0, 0.05) is 23.6 Å². The van der Waals surface area contributed by atoms with Crippen LogP contribution < -0.4 is 0 Å². The molecule has 0 aromatic heterocycles. The van der Waals surface area contributed by atoms with Crippen LogP contribution in [0.3, 0.4) is 0 Å². The molecule has 2 aromatic rings. The van der Waals surface area contributed by atoms with Gasteiger partial charge in [-0.25, -0.2) is 8.78 Å². The SMILES string of the molecule is O=[N+]([O-])c1ccccc1CC(O)c1cccc(F)c1F. The van der Waals surface area contributed by atoms with Crippen molar-refractivity contribution >= 4 is 5.69 Å². The molecule has 0 radical (unpaired) electrons. The van der Waals surface area contributed by atoms with E-state index in [0.29, 0.717) is 0 Å². The van der Waals surface area contributed by atoms with Crippen molar-refractivity contribution in [2.45, 2.75) is 12.5 Å². The maximum atomic E-state index is 13.5. The summed E-state index contributed by atoms with van der Waals surface area (Å²) in [6, 6.07) is 9.31. The zero-order chi connectivity index (χ0) is 14.7. The van der Waals surface area contributed by atoms with Crippen LogP contribution in [0.4, 0.5) is 14.5 Å². The van der Waals surface area contributed by atoms with Gasteiger partial charge in [-0.2, -0.15) is 0 Å². The monoisotopic (exact) mass is 279 g/mol. The van der Waals surface area contributed by atoms with Gasteiger partial charge in [0.25, 0.3) is 5.69 Å². The van der Waals surface area contributed by atoms with Gasteiger partial charge in [-0.05, 0) is 6.07 Å². The van der Waals surface area contributed by atoms with Gasteiger partial charge in [0.2, 0.25) is 0 Å². The fourth-order valence-electron chi connectivity index (χ4n) is 1.96. The average molecular weight is 279 g/mol. The molecular formula is C14H11F2NO3. The van der Waals surface area contributed by atoms with Crippen LogP contribution in [-0.2, 0) is 6.42 Å². The van der Waals surface area contributed by atoms with E-state index in [2.05, 4.69) is 0 Å². The number of rotatable bonds is 4. The predicted molar refractivity (Wildman–Crippen MR) is 68.1 cm³/mol. The molecule has 0 amide bonds. The summed E-state index contributed by atoms with van der Waals surface area (Å²) in [5.74, 6) is -2.21. The van der Waals surface area contributed by atoms with Crippen LogP contribution in [-0.4, -0.2) is 10.0 Å². The lowest BCUT2D eigenvalue weighted by Crippen LogP contribution is -2.07. The Morgan fingerprint density at radius 2 is 1.85 bits per heavy atom. The van der Waals surface area contributed by atoms with Gasteiger partial charge in [0.05, 0.1) is 11.0 Å². The Balaban J connectivity index is 2.30. The van der Waals surface area contributed by atoms with E-state index in [4.69, 9.17) is 0 Å². The largest absolute Gasteiger partial charge is 0.388 e. The Morgan fingerprint density at radius 1 is 1.15 bits per heavy atom. The minimum absolute atomic E-state index is 0.164. The van der Waals surface area contributed by atoms with Crippen LogP contribution in [0.2, 0.25) is 0 Å². The van der Waals surface area contributed by atoms with Crippen LogP contribution >= 0.6 is 0 Å². The Labute approximate surface area is 113 Å². The summed E-state index contributed by atoms with van der Waals surface area (Å²) < 4.78 is 26.6. The molecular weight excluding hydrogens is 268 g/mol. The topological polar surface area (TPSA) is 63.4 Å². The molecule has 4 nitrogen and oxygen atoms in total. The first kappa shape index (κ1) is 14.1. The summed E-state index contributed by atoms with van der Waals surface area (Å²) in [4.78, 5) is 10.3. The van der Waals surface area contributed by atoms with Gasteiger partial charge >= 0.3 is 0 Å². The first-order chi connectivity index (χ1) is 9.50. The van der Waals surface area contributed by atoms with Crippen LogP contribution in [0.25, 0.3) is 0 Å². The van der Waals surface area contributed by atoms with Crippen LogP contribution in [0.1, 0.15) is 17.2 Å². The number of halogens is 2. The maximum absolute atomic E-state index is 13.5. The minimum Gasteiger partial charge on any atom is -0.388 e. The van der Waals surface area contributed by atoms with Gasteiger partial charge in [0.1, 0.15) is 0 Å². The van der Waals surface area contributed by atoms with Crippen LogP contribution in [0, 0.1) is 21.7 Å². The number of aliphatic hydroxyl groups is 1. The molecule has 0 saturated carbocycles. The Morgan fingerprint density at radius 3 is 2.55 bits per heavy atom. The molecule has 0 spiro atoms. The molecule has 0 aliphatic carbocycles. The van der Waals surface area contributed by atoms with Crippen molar-refractivity contribution in [1.82, 2.24) is 0 Å². The second-order valence-electron chi connectivity index (χ2n) is 4.25. The molecule has 6 heteroatoms. The molecule has 20 heavy (non-hydrogen) atoms. The number of nitro groups is 1. The average Bonchev–Trinajstić information content (AvgIpc) is 2.42. The van der Waals surface area contributed by atoms with E-state index in [9.17, 15) is 24.0 Å². The van der Waals surface area contributed by atoms with Gasteiger partial charge in [-0.3, -0.25) is 10.1 Å². The molecule has 1 atom stereocenters. The van der Waals surface area contributed by atoms with Gasteiger partial charge in [-0.15, -0.1) is 0 Å².